The van der Waals surface area contributed by atoms with Gasteiger partial charge in [-0.15, -0.1) is 0 Å². The maximum Gasteiger partial charge on any atom is 0.264 e. The quantitative estimate of drug-likeness (QED) is 0.337. The van der Waals surface area contributed by atoms with Crippen LogP contribution in [-0.4, -0.2) is 43.8 Å². The van der Waals surface area contributed by atoms with Crippen molar-refractivity contribution < 1.29 is 18.0 Å². The highest BCUT2D eigenvalue weighted by molar-refractivity contribution is 7.92. The van der Waals surface area contributed by atoms with Crippen LogP contribution in [0.3, 0.4) is 0 Å². The van der Waals surface area contributed by atoms with Crippen molar-refractivity contribution in [2.45, 2.75) is 83.3 Å². The van der Waals surface area contributed by atoms with Crippen molar-refractivity contribution in [1.82, 2.24) is 10.2 Å². The molecule has 0 aliphatic heterocycles. The second kappa shape index (κ2) is 13.3. The van der Waals surface area contributed by atoms with Gasteiger partial charge < -0.3 is 10.2 Å². The van der Waals surface area contributed by atoms with Crippen molar-refractivity contribution in [2.75, 3.05) is 10.8 Å². The highest BCUT2D eigenvalue weighted by atomic mass is 32.2. The Balaban J connectivity index is 1.69. The highest BCUT2D eigenvalue weighted by Gasteiger charge is 2.33. The first-order valence-corrected chi connectivity index (χ1v) is 15.8. The molecule has 1 aliphatic rings. The molecule has 4 rings (SSSR count). The number of carbonyl (C=O) groups is 2. The average molecular weight is 576 g/mol. The Kier molecular flexibility index (Phi) is 9.86. The van der Waals surface area contributed by atoms with Crippen LogP contribution < -0.4 is 9.62 Å². The fraction of sp³-hybridized carbons (Fsp3) is 0.394. The zero-order chi connectivity index (χ0) is 29.6. The molecule has 3 aromatic rings. The number of sulfonamides is 1. The Bertz CT molecular complexity index is 1450. The SMILES string of the molecule is Cc1ccc(CN(C(=O)CN(c2cccc(C)c2C)S(=O)(=O)c2ccccc2)C(C)C(=O)NC2CCCCC2)cc1. The van der Waals surface area contributed by atoms with E-state index in [1.807, 2.05) is 51.1 Å². The zero-order valence-corrected chi connectivity index (χ0v) is 25.3. The third-order valence-electron chi connectivity index (χ3n) is 8.05. The molecule has 7 nitrogen and oxygen atoms in total. The van der Waals surface area contributed by atoms with Gasteiger partial charge in [-0.2, -0.15) is 0 Å². The van der Waals surface area contributed by atoms with E-state index in [4.69, 9.17) is 0 Å². The van der Waals surface area contributed by atoms with Crippen molar-refractivity contribution in [3.8, 4) is 0 Å². The summed E-state index contributed by atoms with van der Waals surface area (Å²) in [5.74, 6) is -0.668. The molecule has 0 spiro atoms. The molecule has 2 amide bonds. The summed E-state index contributed by atoms with van der Waals surface area (Å²) in [6, 6.07) is 20.7. The summed E-state index contributed by atoms with van der Waals surface area (Å²) in [7, 11) is -4.08. The minimum Gasteiger partial charge on any atom is -0.352 e. The first kappa shape index (κ1) is 30.3. The molecular formula is C33H41N3O4S. The molecule has 1 aliphatic carbocycles. The second-order valence-electron chi connectivity index (χ2n) is 11.1. The third-order valence-corrected chi connectivity index (χ3v) is 9.82. The summed E-state index contributed by atoms with van der Waals surface area (Å²) >= 11 is 0. The van der Waals surface area contributed by atoms with Crippen LogP contribution in [0.15, 0.2) is 77.7 Å². The summed E-state index contributed by atoms with van der Waals surface area (Å²) < 4.78 is 29.2. The van der Waals surface area contributed by atoms with Gasteiger partial charge in [0.25, 0.3) is 10.0 Å². The van der Waals surface area contributed by atoms with Crippen LogP contribution in [0, 0.1) is 20.8 Å². The van der Waals surface area contributed by atoms with Gasteiger partial charge in [-0.25, -0.2) is 8.42 Å². The molecule has 0 heterocycles. The number of carbonyl (C=O) groups excluding carboxylic acids is 2. The van der Waals surface area contributed by atoms with E-state index in [-0.39, 0.29) is 23.4 Å². The van der Waals surface area contributed by atoms with E-state index in [0.717, 1.165) is 47.9 Å². The molecule has 3 aromatic carbocycles. The largest absolute Gasteiger partial charge is 0.352 e. The second-order valence-corrected chi connectivity index (χ2v) is 12.9. The van der Waals surface area contributed by atoms with Gasteiger partial charge in [-0.3, -0.25) is 13.9 Å². The Morgan fingerprint density at radius 3 is 2.20 bits per heavy atom. The van der Waals surface area contributed by atoms with Crippen LogP contribution in [0.4, 0.5) is 5.69 Å². The number of benzene rings is 3. The Hall–Kier alpha value is -3.65. The number of hydrogen-bond acceptors (Lipinski definition) is 4. The molecule has 0 radical (unpaired) electrons. The molecule has 1 saturated carbocycles. The predicted octanol–water partition coefficient (Wildman–Crippen LogP) is 5.67. The third kappa shape index (κ3) is 7.36. The van der Waals surface area contributed by atoms with Gasteiger partial charge in [-0.1, -0.05) is 79.4 Å². The lowest BCUT2D eigenvalue weighted by Crippen LogP contribution is -2.53. The molecule has 1 atom stereocenters. The molecule has 1 fully saturated rings. The molecule has 0 aromatic heterocycles. The molecule has 8 heteroatoms. The van der Waals surface area contributed by atoms with Crippen LogP contribution in [0.5, 0.6) is 0 Å². The number of rotatable bonds is 10. The van der Waals surface area contributed by atoms with E-state index in [1.165, 1.54) is 27.8 Å². The van der Waals surface area contributed by atoms with Crippen LogP contribution in [0.25, 0.3) is 0 Å². The summed E-state index contributed by atoms with van der Waals surface area (Å²) in [6.07, 6.45) is 5.19. The van der Waals surface area contributed by atoms with Gasteiger partial charge in [0.1, 0.15) is 12.6 Å². The molecule has 1 unspecified atom stereocenters. The zero-order valence-electron chi connectivity index (χ0n) is 24.5. The van der Waals surface area contributed by atoms with E-state index >= 15 is 0 Å². The number of aryl methyl sites for hydroxylation is 2. The predicted molar refractivity (Wildman–Crippen MR) is 163 cm³/mol. The van der Waals surface area contributed by atoms with Crippen molar-refractivity contribution in [2.24, 2.45) is 0 Å². The van der Waals surface area contributed by atoms with Gasteiger partial charge >= 0.3 is 0 Å². The highest BCUT2D eigenvalue weighted by Crippen LogP contribution is 2.29. The molecule has 218 valence electrons. The van der Waals surface area contributed by atoms with Crippen molar-refractivity contribution in [3.05, 3.63) is 95.1 Å². The van der Waals surface area contributed by atoms with E-state index in [1.54, 1.807) is 37.3 Å². The molecule has 41 heavy (non-hydrogen) atoms. The van der Waals surface area contributed by atoms with Gasteiger partial charge in [-0.05, 0) is 75.4 Å². The summed E-state index contributed by atoms with van der Waals surface area (Å²) in [5, 5.41) is 3.14. The number of anilines is 1. The molecular weight excluding hydrogens is 534 g/mol. The number of nitrogens with zero attached hydrogens (tertiary/aromatic N) is 2. The standard InChI is InChI=1S/C33H41N3O4S/c1-24-18-20-28(21-19-24)22-35(27(4)33(38)34-29-13-7-5-8-14-29)32(37)23-36(31-17-11-12-25(2)26(31)3)41(39,40)30-15-9-6-10-16-30/h6,9-12,15-21,27,29H,5,7-8,13-14,22-23H2,1-4H3,(H,34,38). The lowest BCUT2D eigenvalue weighted by molar-refractivity contribution is -0.139. The van der Waals surface area contributed by atoms with Gasteiger partial charge in [0, 0.05) is 12.6 Å². The van der Waals surface area contributed by atoms with Crippen LogP contribution >= 0.6 is 0 Å². The van der Waals surface area contributed by atoms with Crippen molar-refractivity contribution >= 4 is 27.5 Å². The van der Waals surface area contributed by atoms with Gasteiger partial charge in [0.2, 0.25) is 11.8 Å². The van der Waals surface area contributed by atoms with E-state index < -0.39 is 28.5 Å². The average Bonchev–Trinajstić information content (AvgIpc) is 2.97. The Labute approximate surface area is 244 Å². The molecule has 0 bridgehead atoms. The lowest BCUT2D eigenvalue weighted by Gasteiger charge is -2.33. The Morgan fingerprint density at radius 1 is 0.878 bits per heavy atom. The monoisotopic (exact) mass is 575 g/mol. The van der Waals surface area contributed by atoms with E-state index in [9.17, 15) is 18.0 Å². The Morgan fingerprint density at radius 2 is 1.54 bits per heavy atom. The van der Waals surface area contributed by atoms with Crippen molar-refractivity contribution in [3.63, 3.8) is 0 Å². The van der Waals surface area contributed by atoms with Crippen molar-refractivity contribution in [1.29, 1.82) is 0 Å². The smallest absolute Gasteiger partial charge is 0.264 e. The maximum absolute atomic E-state index is 14.2. The fourth-order valence-electron chi connectivity index (χ4n) is 5.28. The fourth-order valence-corrected chi connectivity index (χ4v) is 6.77. The van der Waals surface area contributed by atoms with Gasteiger partial charge in [0.15, 0.2) is 0 Å². The van der Waals surface area contributed by atoms with Gasteiger partial charge in [0.05, 0.1) is 10.6 Å². The van der Waals surface area contributed by atoms with Crippen LogP contribution in [0.1, 0.15) is 61.3 Å². The minimum absolute atomic E-state index is 0.0972. The normalized spacial score (nSPS) is 14.7. The van der Waals surface area contributed by atoms with Crippen LogP contribution in [0.2, 0.25) is 0 Å². The number of hydrogen-bond donors (Lipinski definition) is 1. The lowest BCUT2D eigenvalue weighted by atomic mass is 9.95. The van der Waals surface area contributed by atoms with E-state index in [0.29, 0.717) is 5.69 Å². The first-order chi connectivity index (χ1) is 19.6. The topological polar surface area (TPSA) is 86.8 Å². The summed E-state index contributed by atoms with van der Waals surface area (Å²) in [4.78, 5) is 29.2. The molecule has 0 saturated heterocycles. The minimum atomic E-state index is -4.08. The molecule has 1 N–H and O–H groups in total. The first-order valence-electron chi connectivity index (χ1n) is 14.4. The number of amides is 2. The summed E-state index contributed by atoms with van der Waals surface area (Å²) in [5.41, 5.74) is 4.08. The maximum atomic E-state index is 14.2. The van der Waals surface area contributed by atoms with Crippen LogP contribution in [-0.2, 0) is 26.2 Å². The number of nitrogens with one attached hydrogen (secondary N) is 1. The van der Waals surface area contributed by atoms with E-state index in [2.05, 4.69) is 5.32 Å². The summed E-state index contributed by atoms with van der Waals surface area (Å²) in [6.45, 7) is 7.22.